The minimum absolute atomic E-state index is 0.0746. The van der Waals surface area contributed by atoms with Crippen molar-refractivity contribution in [2.75, 3.05) is 12.4 Å². The maximum absolute atomic E-state index is 12.6. The lowest BCUT2D eigenvalue weighted by Crippen LogP contribution is -2.36. The highest BCUT2D eigenvalue weighted by atomic mass is 19.4. The van der Waals surface area contributed by atoms with Crippen molar-refractivity contribution in [1.29, 1.82) is 0 Å². The fraction of sp³-hybridized carbons (Fsp3) is 0.182. The van der Waals surface area contributed by atoms with Gasteiger partial charge in [0.15, 0.2) is 11.7 Å². The van der Waals surface area contributed by atoms with Crippen molar-refractivity contribution < 1.29 is 27.1 Å². The minimum Gasteiger partial charge on any atom is -0.459 e. The molecule has 3 aromatic rings. The van der Waals surface area contributed by atoms with Crippen molar-refractivity contribution in [2.24, 2.45) is 4.99 Å². The molecule has 1 aromatic heterocycles. The van der Waals surface area contributed by atoms with Gasteiger partial charge in [0.25, 0.3) is 5.91 Å². The number of hydrogen-bond donors (Lipinski definition) is 3. The van der Waals surface area contributed by atoms with E-state index in [0.717, 1.165) is 5.56 Å². The number of guanidine groups is 1. The predicted molar refractivity (Wildman–Crippen MR) is 113 cm³/mol. The molecule has 32 heavy (non-hydrogen) atoms. The van der Waals surface area contributed by atoms with E-state index in [4.69, 9.17) is 4.42 Å². The van der Waals surface area contributed by atoms with Crippen molar-refractivity contribution >= 4 is 17.6 Å². The average Bonchev–Trinajstić information content (AvgIpc) is 3.29. The van der Waals surface area contributed by atoms with Gasteiger partial charge in [-0.1, -0.05) is 30.3 Å². The number of nitrogens with one attached hydrogen (secondary N) is 3. The first-order valence-electron chi connectivity index (χ1n) is 9.56. The predicted octanol–water partition coefficient (Wildman–Crippen LogP) is 4.30. The normalized spacial score (nSPS) is 11.7. The van der Waals surface area contributed by atoms with E-state index in [1.54, 1.807) is 43.4 Å². The number of ether oxygens (including phenoxy) is 1. The first kappa shape index (κ1) is 22.7. The number of para-hydroxylation sites is 1. The van der Waals surface area contributed by atoms with E-state index in [2.05, 4.69) is 25.7 Å². The summed E-state index contributed by atoms with van der Waals surface area (Å²) in [6.45, 7) is 0.440. The van der Waals surface area contributed by atoms with Gasteiger partial charge in [-0.3, -0.25) is 9.79 Å². The van der Waals surface area contributed by atoms with Crippen LogP contribution in [0.15, 0.2) is 76.3 Å². The largest absolute Gasteiger partial charge is 0.573 e. The second-order valence-electron chi connectivity index (χ2n) is 6.57. The van der Waals surface area contributed by atoms with Crippen molar-refractivity contribution in [1.82, 2.24) is 10.6 Å². The Labute approximate surface area is 182 Å². The summed E-state index contributed by atoms with van der Waals surface area (Å²) in [6, 6.07) is 16.2. The molecule has 0 atom stereocenters. The molecule has 0 saturated heterocycles. The van der Waals surface area contributed by atoms with Crippen LogP contribution in [-0.4, -0.2) is 25.3 Å². The van der Waals surface area contributed by atoms with Crippen LogP contribution in [0.5, 0.6) is 5.75 Å². The van der Waals surface area contributed by atoms with Crippen LogP contribution >= 0.6 is 0 Å². The van der Waals surface area contributed by atoms with Crippen LogP contribution in [0.4, 0.5) is 18.9 Å². The van der Waals surface area contributed by atoms with Crippen LogP contribution < -0.4 is 20.7 Å². The van der Waals surface area contributed by atoms with E-state index in [1.165, 1.54) is 24.5 Å². The van der Waals surface area contributed by atoms with Crippen molar-refractivity contribution in [3.05, 3.63) is 83.8 Å². The van der Waals surface area contributed by atoms with Gasteiger partial charge in [-0.15, -0.1) is 13.2 Å². The first-order valence-corrected chi connectivity index (χ1v) is 9.56. The average molecular weight is 446 g/mol. The third kappa shape index (κ3) is 6.79. The van der Waals surface area contributed by atoms with Crippen LogP contribution in [0.2, 0.25) is 0 Å². The molecule has 7 nitrogen and oxygen atoms in total. The molecule has 0 aliphatic rings. The SMILES string of the molecule is CN=C(NCc1cccc(NC(=O)c2ccco2)c1)NCc1ccccc1OC(F)(F)F. The van der Waals surface area contributed by atoms with Crippen LogP contribution in [0.25, 0.3) is 0 Å². The van der Waals surface area contributed by atoms with E-state index in [-0.39, 0.29) is 24.0 Å². The Morgan fingerprint density at radius 1 is 1.03 bits per heavy atom. The van der Waals surface area contributed by atoms with Gasteiger partial charge in [-0.2, -0.15) is 0 Å². The molecular weight excluding hydrogens is 425 g/mol. The van der Waals surface area contributed by atoms with Crippen molar-refractivity contribution in [3.63, 3.8) is 0 Å². The molecule has 0 spiro atoms. The Balaban J connectivity index is 1.56. The molecule has 0 saturated carbocycles. The quantitative estimate of drug-likeness (QED) is 0.372. The molecule has 0 aliphatic carbocycles. The molecule has 0 unspecified atom stereocenters. The van der Waals surface area contributed by atoms with Gasteiger partial charge in [0.05, 0.1) is 6.26 Å². The summed E-state index contributed by atoms with van der Waals surface area (Å²) in [5, 5.41) is 8.78. The Hall–Kier alpha value is -3.95. The van der Waals surface area contributed by atoms with E-state index in [1.807, 2.05) is 6.07 Å². The van der Waals surface area contributed by atoms with Gasteiger partial charge in [-0.25, -0.2) is 0 Å². The molecule has 168 valence electrons. The number of alkyl halides is 3. The number of rotatable bonds is 7. The van der Waals surface area contributed by atoms with Crippen LogP contribution in [-0.2, 0) is 13.1 Å². The number of anilines is 1. The molecule has 0 aliphatic heterocycles. The highest BCUT2D eigenvalue weighted by molar-refractivity contribution is 6.02. The molecule has 0 radical (unpaired) electrons. The number of aliphatic imine (C=N–C) groups is 1. The summed E-state index contributed by atoms with van der Waals surface area (Å²) in [7, 11) is 1.55. The summed E-state index contributed by atoms with van der Waals surface area (Å²) >= 11 is 0. The lowest BCUT2D eigenvalue weighted by Gasteiger charge is -2.16. The first-order chi connectivity index (χ1) is 15.3. The molecule has 10 heteroatoms. The van der Waals surface area contributed by atoms with E-state index < -0.39 is 6.36 Å². The smallest absolute Gasteiger partial charge is 0.459 e. The van der Waals surface area contributed by atoms with Gasteiger partial charge in [0, 0.05) is 31.4 Å². The number of amides is 1. The van der Waals surface area contributed by atoms with Gasteiger partial charge >= 0.3 is 6.36 Å². The zero-order valence-corrected chi connectivity index (χ0v) is 17.1. The lowest BCUT2D eigenvalue weighted by molar-refractivity contribution is -0.274. The maximum Gasteiger partial charge on any atom is 0.573 e. The molecule has 2 aromatic carbocycles. The molecule has 0 fully saturated rings. The highest BCUT2D eigenvalue weighted by Gasteiger charge is 2.31. The molecule has 1 heterocycles. The number of carbonyl (C=O) groups is 1. The number of hydrogen-bond acceptors (Lipinski definition) is 4. The molecule has 3 N–H and O–H groups in total. The third-order valence-corrected chi connectivity index (χ3v) is 4.26. The number of nitrogens with zero attached hydrogens (tertiary/aromatic N) is 1. The number of furan rings is 1. The Kier molecular flexibility index (Phi) is 7.37. The Morgan fingerprint density at radius 2 is 1.81 bits per heavy atom. The van der Waals surface area contributed by atoms with E-state index in [9.17, 15) is 18.0 Å². The molecule has 1 amide bonds. The van der Waals surface area contributed by atoms with Gasteiger partial charge in [0.2, 0.25) is 0 Å². The van der Waals surface area contributed by atoms with Crippen molar-refractivity contribution in [3.8, 4) is 5.75 Å². The summed E-state index contributed by atoms with van der Waals surface area (Å²) < 4.78 is 46.9. The van der Waals surface area contributed by atoms with Gasteiger partial charge in [0.1, 0.15) is 5.75 Å². The maximum atomic E-state index is 12.6. The molecule has 3 rings (SSSR count). The van der Waals surface area contributed by atoms with Gasteiger partial charge in [-0.05, 0) is 35.9 Å². The van der Waals surface area contributed by atoms with E-state index >= 15 is 0 Å². The Bertz CT molecular complexity index is 1070. The van der Waals surface area contributed by atoms with Crippen LogP contribution in [0, 0.1) is 0 Å². The van der Waals surface area contributed by atoms with E-state index in [0.29, 0.717) is 23.8 Å². The second kappa shape index (κ2) is 10.4. The minimum atomic E-state index is -4.77. The topological polar surface area (TPSA) is 87.9 Å². The molecule has 0 bridgehead atoms. The monoisotopic (exact) mass is 446 g/mol. The number of halogens is 3. The molecular formula is C22H21F3N4O3. The van der Waals surface area contributed by atoms with Gasteiger partial charge < -0.3 is 25.1 Å². The number of carbonyl (C=O) groups excluding carboxylic acids is 1. The summed E-state index contributed by atoms with van der Waals surface area (Å²) in [4.78, 5) is 16.2. The highest BCUT2D eigenvalue weighted by Crippen LogP contribution is 2.26. The fourth-order valence-electron chi connectivity index (χ4n) is 2.82. The third-order valence-electron chi connectivity index (χ3n) is 4.26. The fourth-order valence-corrected chi connectivity index (χ4v) is 2.82. The van der Waals surface area contributed by atoms with Crippen LogP contribution in [0.1, 0.15) is 21.7 Å². The van der Waals surface area contributed by atoms with Crippen molar-refractivity contribution in [2.45, 2.75) is 19.5 Å². The lowest BCUT2D eigenvalue weighted by atomic mass is 10.2. The second-order valence-corrected chi connectivity index (χ2v) is 6.57. The standard InChI is InChI=1S/C22H21F3N4O3/c1-26-21(28-14-16-7-2-3-9-18(16)32-22(23,24)25)27-13-15-6-4-8-17(12-15)29-20(30)19-10-5-11-31-19/h2-12H,13-14H2,1H3,(H,29,30)(H2,26,27,28). The summed E-state index contributed by atoms with van der Waals surface area (Å²) in [6.07, 6.45) is -3.35. The summed E-state index contributed by atoms with van der Waals surface area (Å²) in [5.74, 6) is -0.0509. The van der Waals surface area contributed by atoms with Crippen LogP contribution in [0.3, 0.4) is 0 Å². The zero-order valence-electron chi connectivity index (χ0n) is 17.1. The zero-order chi connectivity index (χ0) is 23.0. The number of benzene rings is 2. The summed E-state index contributed by atoms with van der Waals surface area (Å²) in [5.41, 5.74) is 1.77. The Morgan fingerprint density at radius 3 is 2.53 bits per heavy atom.